The van der Waals surface area contributed by atoms with Crippen LogP contribution in [0.25, 0.3) is 0 Å². The van der Waals surface area contributed by atoms with E-state index in [-0.39, 0.29) is 29.3 Å². The predicted molar refractivity (Wildman–Crippen MR) is 94.7 cm³/mol. The molecule has 0 unspecified atom stereocenters. The molecule has 0 spiro atoms. The highest BCUT2D eigenvalue weighted by atomic mass is 35.5. The van der Waals surface area contributed by atoms with Crippen LogP contribution in [-0.2, 0) is 10.0 Å². The van der Waals surface area contributed by atoms with Crippen LogP contribution in [0, 0.1) is 0 Å². The fraction of sp³-hybridized carbons (Fsp3) is 0.533. The lowest BCUT2D eigenvalue weighted by atomic mass is 10.2. The van der Waals surface area contributed by atoms with Gasteiger partial charge in [-0.05, 0) is 58.1 Å². The molecule has 0 bridgehead atoms. The van der Waals surface area contributed by atoms with Crippen molar-refractivity contribution in [2.45, 2.75) is 31.2 Å². The van der Waals surface area contributed by atoms with Gasteiger partial charge >= 0.3 is 0 Å². The van der Waals surface area contributed by atoms with Crippen molar-refractivity contribution in [3.8, 4) is 0 Å². The fourth-order valence-electron chi connectivity index (χ4n) is 1.79. The Morgan fingerprint density at radius 2 is 1.74 bits per heavy atom. The third-order valence-corrected chi connectivity index (χ3v) is 5.46. The topological polar surface area (TPSA) is 78.5 Å². The molecule has 0 fully saturated rings. The molecule has 6 nitrogen and oxygen atoms in total. The van der Waals surface area contributed by atoms with Crippen molar-refractivity contribution in [1.29, 1.82) is 0 Å². The number of amides is 1. The molecule has 0 saturated carbocycles. The van der Waals surface area contributed by atoms with E-state index >= 15 is 0 Å². The summed E-state index contributed by atoms with van der Waals surface area (Å²) in [5.41, 5.74) is 0.454. The van der Waals surface area contributed by atoms with Crippen molar-refractivity contribution in [2.75, 3.05) is 27.2 Å². The van der Waals surface area contributed by atoms with Gasteiger partial charge in [0.25, 0.3) is 5.91 Å². The van der Waals surface area contributed by atoms with Crippen LogP contribution in [0.3, 0.4) is 0 Å². The second-order valence-electron chi connectivity index (χ2n) is 5.35. The molecular weight excluding hydrogens is 338 g/mol. The van der Waals surface area contributed by atoms with Crippen LogP contribution in [0.15, 0.2) is 29.2 Å². The number of hydrogen-bond acceptors (Lipinski definition) is 4. The molecule has 1 aromatic rings. The van der Waals surface area contributed by atoms with Crippen LogP contribution in [0.4, 0.5) is 0 Å². The predicted octanol–water partition coefficient (Wildman–Crippen LogP) is 1.48. The number of nitrogens with zero attached hydrogens (tertiary/aromatic N) is 1. The maximum Gasteiger partial charge on any atom is 0.251 e. The molecule has 0 radical (unpaired) electrons. The van der Waals surface area contributed by atoms with E-state index in [9.17, 15) is 13.2 Å². The zero-order valence-corrected chi connectivity index (χ0v) is 15.6. The summed E-state index contributed by atoms with van der Waals surface area (Å²) in [5.74, 6) is -0.197. The van der Waals surface area contributed by atoms with Crippen molar-refractivity contribution in [3.05, 3.63) is 29.8 Å². The minimum absolute atomic E-state index is 0. The third kappa shape index (κ3) is 6.10. The Bertz CT molecular complexity index is 588. The molecule has 8 heteroatoms. The quantitative estimate of drug-likeness (QED) is 0.686. The lowest BCUT2D eigenvalue weighted by molar-refractivity contribution is 0.0953. The number of hydrogen-bond donors (Lipinski definition) is 2. The largest absolute Gasteiger partial charge is 0.352 e. The molecule has 0 heterocycles. The first-order chi connectivity index (χ1) is 10.3. The van der Waals surface area contributed by atoms with Gasteiger partial charge in [0.15, 0.2) is 0 Å². The van der Waals surface area contributed by atoms with E-state index in [1.165, 1.54) is 28.6 Å². The Morgan fingerprint density at radius 1 is 1.17 bits per heavy atom. The summed E-state index contributed by atoms with van der Waals surface area (Å²) in [6.45, 7) is 5.03. The summed E-state index contributed by atoms with van der Waals surface area (Å²) in [6, 6.07) is 5.89. The van der Waals surface area contributed by atoms with E-state index in [1.807, 2.05) is 20.9 Å². The van der Waals surface area contributed by atoms with E-state index in [0.29, 0.717) is 12.1 Å². The van der Waals surface area contributed by atoms with E-state index in [2.05, 4.69) is 10.6 Å². The van der Waals surface area contributed by atoms with Crippen LogP contribution < -0.4 is 10.6 Å². The first kappa shape index (κ1) is 21.9. The standard InChI is InChI=1S/C15H25N3O3S.ClH/c1-12(2)18(4)22(20,21)14-8-6-13(7-9-14)15(19)17-11-5-10-16-3;/h6-9,12,16H,5,10-11H2,1-4H3,(H,17,19);1H. The van der Waals surface area contributed by atoms with Crippen molar-refractivity contribution < 1.29 is 13.2 Å². The fourth-order valence-corrected chi connectivity index (χ4v) is 3.16. The van der Waals surface area contributed by atoms with Crippen molar-refractivity contribution in [3.63, 3.8) is 0 Å². The smallest absolute Gasteiger partial charge is 0.251 e. The molecule has 0 atom stereocenters. The van der Waals surface area contributed by atoms with Gasteiger partial charge in [0.05, 0.1) is 4.90 Å². The first-order valence-corrected chi connectivity index (χ1v) is 8.75. The molecule has 0 saturated heterocycles. The zero-order chi connectivity index (χ0) is 16.8. The SMILES string of the molecule is CNCCCNC(=O)c1ccc(S(=O)(=O)N(C)C(C)C)cc1.Cl. The van der Waals surface area contributed by atoms with Gasteiger partial charge in [0, 0.05) is 25.2 Å². The summed E-state index contributed by atoms with van der Waals surface area (Å²) >= 11 is 0. The molecule has 2 N–H and O–H groups in total. The second-order valence-corrected chi connectivity index (χ2v) is 7.35. The number of benzene rings is 1. The van der Waals surface area contributed by atoms with Crippen LogP contribution in [0.5, 0.6) is 0 Å². The number of halogens is 1. The number of sulfonamides is 1. The molecule has 1 rings (SSSR count). The molecule has 0 aliphatic rings. The highest BCUT2D eigenvalue weighted by Crippen LogP contribution is 2.17. The third-order valence-electron chi connectivity index (χ3n) is 3.41. The minimum Gasteiger partial charge on any atom is -0.352 e. The van der Waals surface area contributed by atoms with Gasteiger partial charge in [-0.1, -0.05) is 0 Å². The molecule has 1 aromatic carbocycles. The van der Waals surface area contributed by atoms with E-state index < -0.39 is 10.0 Å². The highest BCUT2D eigenvalue weighted by molar-refractivity contribution is 7.89. The number of carbonyl (C=O) groups excluding carboxylic acids is 1. The molecule has 0 aliphatic heterocycles. The van der Waals surface area contributed by atoms with Crippen LogP contribution in [0.2, 0.25) is 0 Å². The molecule has 23 heavy (non-hydrogen) atoms. The Kier molecular flexibility index (Phi) is 9.38. The Balaban J connectivity index is 0.00000484. The second kappa shape index (κ2) is 9.87. The van der Waals surface area contributed by atoms with Gasteiger partial charge in [-0.15, -0.1) is 12.4 Å². The monoisotopic (exact) mass is 363 g/mol. The Morgan fingerprint density at radius 3 is 2.22 bits per heavy atom. The zero-order valence-electron chi connectivity index (χ0n) is 14.0. The van der Waals surface area contributed by atoms with E-state index in [0.717, 1.165) is 13.0 Å². The summed E-state index contributed by atoms with van der Waals surface area (Å²) in [6.07, 6.45) is 0.841. The average molecular weight is 364 g/mol. The number of nitrogens with one attached hydrogen (secondary N) is 2. The molecule has 0 aliphatic carbocycles. The van der Waals surface area contributed by atoms with Crippen molar-refractivity contribution in [2.24, 2.45) is 0 Å². The summed E-state index contributed by atoms with van der Waals surface area (Å²) in [4.78, 5) is 12.1. The minimum atomic E-state index is -3.51. The van der Waals surface area contributed by atoms with Crippen LogP contribution in [0.1, 0.15) is 30.6 Å². The molecular formula is C15H26ClN3O3S. The van der Waals surface area contributed by atoms with Crippen molar-refractivity contribution in [1.82, 2.24) is 14.9 Å². The molecule has 1 amide bonds. The summed E-state index contributed by atoms with van der Waals surface area (Å²) in [5, 5.41) is 5.80. The maximum absolute atomic E-state index is 12.3. The van der Waals surface area contributed by atoms with Crippen LogP contribution in [-0.4, -0.2) is 51.9 Å². The normalized spacial score (nSPS) is 11.4. The van der Waals surface area contributed by atoms with Gasteiger partial charge < -0.3 is 10.6 Å². The van der Waals surface area contributed by atoms with Gasteiger partial charge in [-0.25, -0.2) is 8.42 Å². The molecule has 0 aromatic heterocycles. The van der Waals surface area contributed by atoms with Crippen molar-refractivity contribution >= 4 is 28.3 Å². The van der Waals surface area contributed by atoms with Gasteiger partial charge in [0.1, 0.15) is 0 Å². The lowest BCUT2D eigenvalue weighted by Gasteiger charge is -2.21. The van der Waals surface area contributed by atoms with E-state index in [1.54, 1.807) is 7.05 Å². The number of carbonyl (C=O) groups is 1. The molecule has 132 valence electrons. The lowest BCUT2D eigenvalue weighted by Crippen LogP contribution is -2.33. The Hall–Kier alpha value is -1.15. The van der Waals surface area contributed by atoms with E-state index in [4.69, 9.17) is 0 Å². The van der Waals surface area contributed by atoms with Gasteiger partial charge in [0.2, 0.25) is 10.0 Å². The van der Waals surface area contributed by atoms with Gasteiger partial charge in [-0.3, -0.25) is 4.79 Å². The number of rotatable bonds is 8. The average Bonchev–Trinajstić information content (AvgIpc) is 2.50. The Labute approximate surface area is 145 Å². The maximum atomic E-state index is 12.3. The van der Waals surface area contributed by atoms with Crippen LogP contribution >= 0.6 is 12.4 Å². The highest BCUT2D eigenvalue weighted by Gasteiger charge is 2.23. The first-order valence-electron chi connectivity index (χ1n) is 7.31. The summed E-state index contributed by atoms with van der Waals surface area (Å²) in [7, 11) is -0.111. The van der Waals surface area contributed by atoms with Gasteiger partial charge in [-0.2, -0.15) is 4.31 Å². The summed E-state index contributed by atoms with van der Waals surface area (Å²) < 4.78 is 25.9.